The van der Waals surface area contributed by atoms with E-state index in [1.165, 1.54) is 12.1 Å². The first-order valence-corrected chi connectivity index (χ1v) is 27.4. The number of benzene rings is 4. The Balaban J connectivity index is 0.973. The van der Waals surface area contributed by atoms with Crippen LogP contribution < -0.4 is 29.1 Å². The minimum absolute atomic E-state index is 0.0133. The van der Waals surface area contributed by atoms with E-state index in [1.807, 2.05) is 0 Å². The topological polar surface area (TPSA) is 289 Å². The van der Waals surface area contributed by atoms with Crippen molar-refractivity contribution in [2.75, 3.05) is 38.5 Å². The number of nitrogens with one attached hydrogen (secondary N) is 1. The molecule has 0 saturated heterocycles. The molecule has 0 heterocycles. The van der Waals surface area contributed by atoms with Crippen molar-refractivity contribution in [2.45, 2.75) is 88.2 Å². The average molecular weight is 1170 g/mol. The summed E-state index contributed by atoms with van der Waals surface area (Å²) in [6.45, 7) is 10.9. The van der Waals surface area contributed by atoms with Crippen LogP contribution in [0.4, 0.5) is 11.4 Å². The van der Waals surface area contributed by atoms with Gasteiger partial charge in [-0.1, -0.05) is 38.0 Å². The minimum atomic E-state index is -0.934. The summed E-state index contributed by atoms with van der Waals surface area (Å²) in [5, 5.41) is 17.7. The Bertz CT molecular complexity index is 3050. The fraction of sp³-hybridized carbons (Fsp3) is 0.361. The van der Waals surface area contributed by atoms with E-state index >= 15 is 0 Å². The molecule has 0 amide bonds. The molecule has 4 aromatic rings. The molecule has 1 N–H and O–H groups in total. The van der Waals surface area contributed by atoms with Crippen molar-refractivity contribution in [3.8, 4) is 34.8 Å². The quantitative estimate of drug-likeness (QED) is 0.00973. The van der Waals surface area contributed by atoms with Gasteiger partial charge >= 0.3 is 47.8 Å². The van der Waals surface area contributed by atoms with Crippen LogP contribution in [0.15, 0.2) is 138 Å². The van der Waals surface area contributed by atoms with E-state index in [-0.39, 0.29) is 68.8 Å². The molecule has 442 valence electrons. The third kappa shape index (κ3) is 20.3. The summed E-state index contributed by atoms with van der Waals surface area (Å²) in [6.07, 6.45) is 4.50. The van der Waals surface area contributed by atoms with Crippen LogP contribution in [0, 0.1) is 35.0 Å². The van der Waals surface area contributed by atoms with Gasteiger partial charge in [0.2, 0.25) is 0 Å². The van der Waals surface area contributed by atoms with E-state index in [4.69, 9.17) is 60.0 Å². The number of hydrogen-bond donors (Lipinski definition) is 2. The smallest absolute Gasteiger partial charge is 0.330 e. The Morgan fingerprint density at radius 2 is 1.04 bits per heavy atom. The first-order valence-electron chi connectivity index (χ1n) is 27.0. The highest BCUT2D eigenvalue weighted by Crippen LogP contribution is 2.40. The standard InChI is InChI=1S/C61H64N4O18S/c1-5-52(66)77-36-49(79-54(68)7-3)34-75-45-22-26-47(27-23-45)81-59(71)41-13-11-40(12-14-41)58(70)74-32-31-39-19-30-51(56(57(39)84)64-65-63-44-20-9-38(33-62)10-21-44)83-61(73)43-17-15-42(16-18-43)60(72)82-48-28-24-46(25-29-48)76-35-50(80-55(69)8-4)37-78-53(67)6-2/h6-10,19-30,40-43,49-50,84H,2-5,11-18,31-32,34-37H2,1H3,(H,63,64). The van der Waals surface area contributed by atoms with Crippen LogP contribution in [0.25, 0.3) is 0 Å². The summed E-state index contributed by atoms with van der Waals surface area (Å²) in [4.78, 5) is 100. The molecular formula is C61H64N4O18S. The molecule has 2 aliphatic rings. The fourth-order valence-electron chi connectivity index (χ4n) is 8.60. The van der Waals surface area contributed by atoms with Crippen LogP contribution in [0.2, 0.25) is 0 Å². The van der Waals surface area contributed by atoms with Crippen LogP contribution >= 0.6 is 12.6 Å². The van der Waals surface area contributed by atoms with Gasteiger partial charge < -0.3 is 47.4 Å². The maximum Gasteiger partial charge on any atom is 0.330 e. The second kappa shape index (κ2) is 33.0. The second-order valence-electron chi connectivity index (χ2n) is 19.2. The molecule has 0 aromatic heterocycles. The van der Waals surface area contributed by atoms with Crippen molar-refractivity contribution in [1.29, 1.82) is 5.26 Å². The maximum absolute atomic E-state index is 13.7. The molecule has 4 aromatic carbocycles. The number of nitrogens with zero attached hydrogens (tertiary/aromatic N) is 3. The van der Waals surface area contributed by atoms with Crippen molar-refractivity contribution in [2.24, 2.45) is 34.0 Å². The maximum atomic E-state index is 13.7. The van der Waals surface area contributed by atoms with Gasteiger partial charge in [-0.3, -0.25) is 29.4 Å². The first kappa shape index (κ1) is 63.9. The van der Waals surface area contributed by atoms with Gasteiger partial charge in [-0.15, -0.1) is 17.7 Å². The highest BCUT2D eigenvalue weighted by Gasteiger charge is 2.34. The molecular weight excluding hydrogens is 1110 g/mol. The summed E-state index contributed by atoms with van der Waals surface area (Å²) in [5.74, 6) is -5.01. The highest BCUT2D eigenvalue weighted by molar-refractivity contribution is 7.80. The van der Waals surface area contributed by atoms with Crippen LogP contribution in [0.5, 0.6) is 28.7 Å². The van der Waals surface area contributed by atoms with Gasteiger partial charge in [0.25, 0.3) is 0 Å². The lowest BCUT2D eigenvalue weighted by Gasteiger charge is -2.26. The summed E-state index contributed by atoms with van der Waals surface area (Å²) in [6, 6.07) is 24.2. The predicted octanol–water partition coefficient (Wildman–Crippen LogP) is 9.41. The largest absolute Gasteiger partial charge is 0.490 e. The zero-order valence-electron chi connectivity index (χ0n) is 46.1. The lowest BCUT2D eigenvalue weighted by molar-refractivity contribution is -0.157. The number of nitriles is 1. The van der Waals surface area contributed by atoms with Gasteiger partial charge in [0.1, 0.15) is 55.1 Å². The number of carbonyl (C=O) groups excluding carboxylic acids is 8. The van der Waals surface area contributed by atoms with Crippen LogP contribution in [-0.2, 0) is 68.5 Å². The summed E-state index contributed by atoms with van der Waals surface area (Å²) >= 11 is 4.76. The van der Waals surface area contributed by atoms with Gasteiger partial charge in [0, 0.05) is 36.0 Å². The molecule has 6 rings (SSSR count). The van der Waals surface area contributed by atoms with E-state index < -0.39 is 83.6 Å². The molecule has 84 heavy (non-hydrogen) atoms. The molecule has 0 bridgehead atoms. The number of hydrogen-bond acceptors (Lipinski definition) is 22. The van der Waals surface area contributed by atoms with E-state index in [2.05, 4.69) is 41.6 Å². The van der Waals surface area contributed by atoms with E-state index in [0.29, 0.717) is 84.6 Å². The monoisotopic (exact) mass is 1170 g/mol. The molecule has 2 unspecified atom stereocenters. The van der Waals surface area contributed by atoms with E-state index in [0.717, 1.165) is 18.2 Å². The fourth-order valence-corrected chi connectivity index (χ4v) is 8.94. The molecule has 0 aliphatic heterocycles. The van der Waals surface area contributed by atoms with E-state index in [9.17, 15) is 43.6 Å². The van der Waals surface area contributed by atoms with Crippen molar-refractivity contribution >= 4 is 71.8 Å². The predicted molar refractivity (Wildman–Crippen MR) is 302 cm³/mol. The lowest BCUT2D eigenvalue weighted by Crippen LogP contribution is -2.30. The first-order chi connectivity index (χ1) is 40.6. The second-order valence-corrected chi connectivity index (χ2v) is 19.6. The van der Waals surface area contributed by atoms with Gasteiger partial charge in [-0.05, 0) is 136 Å². The van der Waals surface area contributed by atoms with E-state index in [1.54, 1.807) is 79.7 Å². The van der Waals surface area contributed by atoms with Gasteiger partial charge in [0.05, 0.1) is 47.6 Å². The van der Waals surface area contributed by atoms with Crippen molar-refractivity contribution in [3.05, 3.63) is 134 Å². The normalized spacial score (nSPS) is 17.0. The van der Waals surface area contributed by atoms with Gasteiger partial charge in [-0.25, -0.2) is 14.4 Å². The molecule has 2 saturated carbocycles. The number of ether oxygens (including phenoxy) is 10. The Labute approximate surface area is 490 Å². The number of anilines is 1. The summed E-state index contributed by atoms with van der Waals surface area (Å²) < 4.78 is 54.8. The minimum Gasteiger partial charge on any atom is -0.490 e. The zero-order chi connectivity index (χ0) is 60.4. The number of rotatable bonds is 29. The van der Waals surface area contributed by atoms with Crippen LogP contribution in [-0.4, -0.2) is 93.0 Å². The molecule has 22 nitrogen and oxygen atoms in total. The van der Waals surface area contributed by atoms with Crippen LogP contribution in [0.1, 0.15) is 75.8 Å². The summed E-state index contributed by atoms with van der Waals surface area (Å²) in [5.41, 5.74) is 4.51. The third-order valence-corrected chi connectivity index (χ3v) is 13.8. The van der Waals surface area contributed by atoms with Gasteiger partial charge in [-0.2, -0.15) is 5.26 Å². The Kier molecular flexibility index (Phi) is 25.1. The van der Waals surface area contributed by atoms with Gasteiger partial charge in [0.15, 0.2) is 18.0 Å². The highest BCUT2D eigenvalue weighted by atomic mass is 32.1. The third-order valence-electron chi connectivity index (χ3n) is 13.3. The lowest BCUT2D eigenvalue weighted by atomic mass is 9.82. The van der Waals surface area contributed by atoms with Crippen molar-refractivity contribution in [1.82, 2.24) is 0 Å². The Hall–Kier alpha value is -9.30. The Morgan fingerprint density at radius 3 is 1.50 bits per heavy atom. The molecule has 2 atom stereocenters. The zero-order valence-corrected chi connectivity index (χ0v) is 47.0. The molecule has 2 fully saturated rings. The SMILES string of the molecule is C=CC(=O)OCC(COc1ccc(OC(=O)C2CCC(C(=O)Oc3ccc(CCOC(=O)C4CCC(C(=O)Oc5ccc(OCC(COC(=O)CC)OC(=O)C=C)cc5)CC4)c(S)c3N=NNc3ccc(C#N)cc3)CC2)cc1)OC(=O)C=C. The number of esters is 8. The van der Waals surface area contributed by atoms with Crippen LogP contribution in [0.3, 0.4) is 0 Å². The molecule has 2 aliphatic carbocycles. The Morgan fingerprint density at radius 1 is 0.583 bits per heavy atom. The average Bonchev–Trinajstić information content (AvgIpc) is 3.72. The number of thiol groups is 1. The van der Waals surface area contributed by atoms with Crippen molar-refractivity contribution in [3.63, 3.8) is 0 Å². The number of carbonyl (C=O) groups is 8. The summed E-state index contributed by atoms with van der Waals surface area (Å²) in [7, 11) is 0. The molecule has 23 heteroatoms. The van der Waals surface area contributed by atoms with Crippen molar-refractivity contribution < 1.29 is 85.7 Å². The molecule has 0 radical (unpaired) electrons. The molecule has 0 spiro atoms.